The summed E-state index contributed by atoms with van der Waals surface area (Å²) < 4.78 is 5.38. The minimum absolute atomic E-state index is 0. The lowest BCUT2D eigenvalue weighted by atomic mass is 10.1. The maximum atomic E-state index is 12.0. The zero-order valence-corrected chi connectivity index (χ0v) is 22.1. The van der Waals surface area contributed by atoms with Gasteiger partial charge >= 0.3 is 6.09 Å². The largest absolute Gasteiger partial charge is 0.444 e. The second-order valence-corrected chi connectivity index (χ2v) is 9.48. The number of likely N-dealkylation sites (tertiary alicyclic amines) is 1. The molecule has 0 saturated carbocycles. The molecule has 0 aromatic carbocycles. The zero-order chi connectivity index (χ0) is 21.4. The highest BCUT2D eigenvalue weighted by molar-refractivity contribution is 14.0. The maximum Gasteiger partial charge on any atom is 0.407 e. The lowest BCUT2D eigenvalue weighted by Crippen LogP contribution is -2.46. The van der Waals surface area contributed by atoms with Crippen LogP contribution in [0.2, 0.25) is 0 Å². The van der Waals surface area contributed by atoms with Crippen LogP contribution in [0.15, 0.2) is 4.99 Å². The fraction of sp³-hybridized carbons (Fsp3) is 0.905. The van der Waals surface area contributed by atoms with E-state index in [1.54, 1.807) is 0 Å². The van der Waals surface area contributed by atoms with Gasteiger partial charge in [-0.3, -0.25) is 4.99 Å². The third kappa shape index (κ3) is 10.00. The van der Waals surface area contributed by atoms with E-state index in [1.807, 2.05) is 20.8 Å². The van der Waals surface area contributed by atoms with E-state index < -0.39 is 5.60 Å². The van der Waals surface area contributed by atoms with Gasteiger partial charge in [0.2, 0.25) is 0 Å². The zero-order valence-electron chi connectivity index (χ0n) is 19.7. The summed E-state index contributed by atoms with van der Waals surface area (Å²) in [6.07, 6.45) is 0.563. The summed E-state index contributed by atoms with van der Waals surface area (Å²) in [6.45, 7) is 19.0. The molecule has 2 saturated heterocycles. The summed E-state index contributed by atoms with van der Waals surface area (Å²) >= 11 is 0. The van der Waals surface area contributed by atoms with Crippen LogP contribution in [0.25, 0.3) is 0 Å². The first kappa shape index (κ1) is 27.2. The molecule has 9 heteroatoms. The summed E-state index contributed by atoms with van der Waals surface area (Å²) in [5, 5.41) is 6.40. The molecule has 2 N–H and O–H groups in total. The van der Waals surface area contributed by atoms with Crippen LogP contribution in [0.1, 0.15) is 41.0 Å². The molecule has 0 aliphatic carbocycles. The second-order valence-electron chi connectivity index (χ2n) is 9.48. The van der Waals surface area contributed by atoms with Gasteiger partial charge in [0.05, 0.1) is 6.04 Å². The molecule has 0 radical (unpaired) electrons. The number of rotatable bonds is 6. The standard InChI is InChI=1S/C21H42N6O2.HI/c1-7-22-19(23-14-17(2)15-26-12-10-25(6)11-13-26)27-9-8-18(16-27)24-20(28)29-21(3,4)5;/h17-18H,7-16H2,1-6H3,(H,22,23)(H,24,28);1H. The maximum absolute atomic E-state index is 12.0. The van der Waals surface area contributed by atoms with Crippen LogP contribution in [0.5, 0.6) is 0 Å². The van der Waals surface area contributed by atoms with Crippen molar-refractivity contribution in [3.8, 4) is 0 Å². The number of ether oxygens (including phenoxy) is 1. The highest BCUT2D eigenvalue weighted by Crippen LogP contribution is 2.13. The highest BCUT2D eigenvalue weighted by Gasteiger charge is 2.28. The first-order chi connectivity index (χ1) is 13.7. The average Bonchev–Trinajstić information content (AvgIpc) is 3.07. The number of hydrogen-bond acceptors (Lipinski definition) is 5. The lowest BCUT2D eigenvalue weighted by Gasteiger charge is -2.33. The molecule has 30 heavy (non-hydrogen) atoms. The molecule has 8 nitrogen and oxygen atoms in total. The summed E-state index contributed by atoms with van der Waals surface area (Å²) in [4.78, 5) is 24.1. The number of alkyl carbamates (subject to hydrolysis) is 1. The molecule has 2 aliphatic heterocycles. The number of carbonyl (C=O) groups is 1. The molecular formula is C21H43IN6O2. The monoisotopic (exact) mass is 538 g/mol. The number of aliphatic imine (C=N–C) groups is 1. The number of amides is 1. The number of carbonyl (C=O) groups excluding carboxylic acids is 1. The Labute approximate surface area is 200 Å². The normalized spacial score (nSPS) is 22.4. The second kappa shape index (κ2) is 12.9. The number of hydrogen-bond donors (Lipinski definition) is 2. The number of piperazine rings is 1. The van der Waals surface area contributed by atoms with E-state index >= 15 is 0 Å². The molecular weight excluding hydrogens is 495 g/mol. The number of nitrogens with one attached hydrogen (secondary N) is 2. The number of guanidine groups is 1. The molecule has 0 aromatic rings. The van der Waals surface area contributed by atoms with E-state index in [-0.39, 0.29) is 36.1 Å². The van der Waals surface area contributed by atoms with Gasteiger partial charge in [-0.05, 0) is 47.1 Å². The van der Waals surface area contributed by atoms with Crippen LogP contribution in [0, 0.1) is 5.92 Å². The average molecular weight is 539 g/mol. The van der Waals surface area contributed by atoms with Crippen LogP contribution < -0.4 is 10.6 Å². The molecule has 2 heterocycles. The van der Waals surface area contributed by atoms with Gasteiger partial charge in [-0.2, -0.15) is 0 Å². The minimum Gasteiger partial charge on any atom is -0.444 e. The number of nitrogens with zero attached hydrogens (tertiary/aromatic N) is 4. The van der Waals surface area contributed by atoms with Gasteiger partial charge in [-0.15, -0.1) is 24.0 Å². The van der Waals surface area contributed by atoms with E-state index in [2.05, 4.69) is 46.2 Å². The van der Waals surface area contributed by atoms with E-state index in [0.29, 0.717) is 5.92 Å². The molecule has 2 atom stereocenters. The summed E-state index contributed by atoms with van der Waals surface area (Å²) in [7, 11) is 2.19. The molecule has 0 bridgehead atoms. The van der Waals surface area contributed by atoms with Crippen molar-refractivity contribution in [2.24, 2.45) is 10.9 Å². The summed E-state index contributed by atoms with van der Waals surface area (Å²) in [5.41, 5.74) is -0.474. The minimum atomic E-state index is -0.474. The van der Waals surface area contributed by atoms with Crippen molar-refractivity contribution in [2.45, 2.75) is 52.7 Å². The Hall–Kier alpha value is -0.810. The summed E-state index contributed by atoms with van der Waals surface area (Å²) in [6, 6.07) is 0.0940. The molecule has 2 unspecified atom stereocenters. The van der Waals surface area contributed by atoms with Crippen LogP contribution in [-0.2, 0) is 4.74 Å². The number of likely N-dealkylation sites (N-methyl/N-ethyl adjacent to an activating group) is 1. The van der Waals surface area contributed by atoms with E-state index in [9.17, 15) is 4.79 Å². The Morgan fingerprint density at radius 3 is 2.47 bits per heavy atom. The Morgan fingerprint density at radius 1 is 1.20 bits per heavy atom. The van der Waals surface area contributed by atoms with Crippen molar-refractivity contribution in [2.75, 3.05) is 66.0 Å². The molecule has 1 amide bonds. The topological polar surface area (TPSA) is 72.4 Å². The SMILES string of the molecule is CCNC(=NCC(C)CN1CCN(C)CC1)N1CCC(NC(=O)OC(C)(C)C)C1.I. The third-order valence-corrected chi connectivity index (χ3v) is 5.26. The fourth-order valence-corrected chi connectivity index (χ4v) is 3.74. The third-order valence-electron chi connectivity index (χ3n) is 5.26. The van der Waals surface area contributed by atoms with Gasteiger partial charge < -0.3 is 30.1 Å². The Balaban J connectivity index is 0.00000450. The van der Waals surface area contributed by atoms with Gasteiger partial charge in [0.15, 0.2) is 5.96 Å². The fourth-order valence-electron chi connectivity index (χ4n) is 3.74. The van der Waals surface area contributed by atoms with Crippen LogP contribution >= 0.6 is 24.0 Å². The number of halogens is 1. The van der Waals surface area contributed by atoms with Crippen molar-refractivity contribution >= 4 is 36.0 Å². The van der Waals surface area contributed by atoms with Crippen molar-refractivity contribution in [3.05, 3.63) is 0 Å². The Kier molecular flexibility index (Phi) is 11.7. The summed E-state index contributed by atoms with van der Waals surface area (Å²) in [5.74, 6) is 1.47. The highest BCUT2D eigenvalue weighted by atomic mass is 127. The van der Waals surface area contributed by atoms with E-state index in [4.69, 9.17) is 9.73 Å². The van der Waals surface area contributed by atoms with Crippen LogP contribution in [-0.4, -0.2) is 104 Å². The molecule has 2 fully saturated rings. The van der Waals surface area contributed by atoms with Crippen molar-refractivity contribution < 1.29 is 9.53 Å². The van der Waals surface area contributed by atoms with E-state index in [0.717, 1.165) is 71.3 Å². The van der Waals surface area contributed by atoms with E-state index in [1.165, 1.54) is 0 Å². The molecule has 176 valence electrons. The molecule has 0 aromatic heterocycles. The van der Waals surface area contributed by atoms with Crippen LogP contribution in [0.3, 0.4) is 0 Å². The molecule has 2 rings (SSSR count). The molecule has 0 spiro atoms. The lowest BCUT2D eigenvalue weighted by molar-refractivity contribution is 0.0507. The quantitative estimate of drug-likeness (QED) is 0.307. The van der Waals surface area contributed by atoms with Gasteiger partial charge in [0, 0.05) is 58.9 Å². The Bertz CT molecular complexity index is 546. The predicted octanol–water partition coefficient (Wildman–Crippen LogP) is 2.05. The smallest absolute Gasteiger partial charge is 0.407 e. The molecule has 2 aliphatic rings. The van der Waals surface area contributed by atoms with Crippen molar-refractivity contribution in [3.63, 3.8) is 0 Å². The van der Waals surface area contributed by atoms with Crippen molar-refractivity contribution in [1.29, 1.82) is 0 Å². The van der Waals surface area contributed by atoms with Gasteiger partial charge in [0.25, 0.3) is 0 Å². The first-order valence-corrected chi connectivity index (χ1v) is 11.1. The van der Waals surface area contributed by atoms with Gasteiger partial charge in [-0.25, -0.2) is 4.79 Å². The van der Waals surface area contributed by atoms with Gasteiger partial charge in [-0.1, -0.05) is 6.92 Å². The predicted molar refractivity (Wildman–Crippen MR) is 134 cm³/mol. The van der Waals surface area contributed by atoms with Gasteiger partial charge in [0.1, 0.15) is 5.60 Å². The first-order valence-electron chi connectivity index (χ1n) is 11.1. The van der Waals surface area contributed by atoms with Crippen LogP contribution in [0.4, 0.5) is 4.79 Å². The Morgan fingerprint density at radius 2 is 1.87 bits per heavy atom. The van der Waals surface area contributed by atoms with Crippen molar-refractivity contribution in [1.82, 2.24) is 25.3 Å².